The summed E-state index contributed by atoms with van der Waals surface area (Å²) in [7, 11) is 0. The summed E-state index contributed by atoms with van der Waals surface area (Å²) >= 11 is 0. The predicted octanol–water partition coefficient (Wildman–Crippen LogP) is 2.10. The minimum Gasteiger partial charge on any atom is -0.481 e. The molecule has 1 atom stereocenters. The van der Waals surface area contributed by atoms with E-state index in [-0.39, 0.29) is 12.8 Å². The standard InChI is InChI=1S/C13H16O4/c1-9-3-2-4-10(7-9)8-11(13(16)17)5-6-12(14)15/h2-4,7,11H,5-6,8H2,1H3,(H,14,15)(H,16,17). The van der Waals surface area contributed by atoms with E-state index in [0.29, 0.717) is 6.42 Å². The second-order valence-electron chi connectivity index (χ2n) is 4.16. The second kappa shape index (κ2) is 6.03. The average Bonchev–Trinajstić information content (AvgIpc) is 2.23. The first-order chi connectivity index (χ1) is 7.99. The molecule has 0 aromatic heterocycles. The molecule has 0 bridgehead atoms. The molecule has 2 N–H and O–H groups in total. The van der Waals surface area contributed by atoms with Crippen LogP contribution in [-0.4, -0.2) is 22.2 Å². The number of hydrogen-bond acceptors (Lipinski definition) is 2. The van der Waals surface area contributed by atoms with Gasteiger partial charge in [0.15, 0.2) is 0 Å². The second-order valence-corrected chi connectivity index (χ2v) is 4.16. The third kappa shape index (κ3) is 4.68. The molecule has 0 fully saturated rings. The zero-order chi connectivity index (χ0) is 12.8. The van der Waals surface area contributed by atoms with Gasteiger partial charge in [0.25, 0.3) is 0 Å². The molecule has 0 heterocycles. The number of benzene rings is 1. The smallest absolute Gasteiger partial charge is 0.306 e. The van der Waals surface area contributed by atoms with E-state index in [1.54, 1.807) is 0 Å². The molecule has 0 radical (unpaired) electrons. The Morgan fingerprint density at radius 3 is 2.53 bits per heavy atom. The fraction of sp³-hybridized carbons (Fsp3) is 0.385. The highest BCUT2D eigenvalue weighted by molar-refractivity contribution is 5.72. The molecular weight excluding hydrogens is 220 g/mol. The van der Waals surface area contributed by atoms with Gasteiger partial charge in [-0.25, -0.2) is 0 Å². The first-order valence-corrected chi connectivity index (χ1v) is 5.49. The Labute approximate surface area is 99.9 Å². The van der Waals surface area contributed by atoms with Gasteiger partial charge < -0.3 is 10.2 Å². The van der Waals surface area contributed by atoms with E-state index in [1.807, 2.05) is 31.2 Å². The van der Waals surface area contributed by atoms with Crippen LogP contribution in [0.15, 0.2) is 24.3 Å². The fourth-order valence-electron chi connectivity index (χ4n) is 1.73. The van der Waals surface area contributed by atoms with Crippen LogP contribution in [0.2, 0.25) is 0 Å². The Morgan fingerprint density at radius 2 is 2.00 bits per heavy atom. The lowest BCUT2D eigenvalue weighted by molar-refractivity contribution is -0.142. The van der Waals surface area contributed by atoms with Crippen LogP contribution < -0.4 is 0 Å². The van der Waals surface area contributed by atoms with Crippen molar-refractivity contribution in [2.45, 2.75) is 26.2 Å². The monoisotopic (exact) mass is 236 g/mol. The van der Waals surface area contributed by atoms with E-state index in [4.69, 9.17) is 10.2 Å². The summed E-state index contributed by atoms with van der Waals surface area (Å²) in [6, 6.07) is 7.61. The highest BCUT2D eigenvalue weighted by atomic mass is 16.4. The van der Waals surface area contributed by atoms with Crippen LogP contribution in [0.3, 0.4) is 0 Å². The third-order valence-electron chi connectivity index (χ3n) is 2.62. The molecule has 1 unspecified atom stereocenters. The molecule has 4 nitrogen and oxygen atoms in total. The Balaban J connectivity index is 2.66. The molecule has 0 saturated heterocycles. The summed E-state index contributed by atoms with van der Waals surface area (Å²) in [6.07, 6.45) is 0.436. The minimum absolute atomic E-state index is 0.108. The summed E-state index contributed by atoms with van der Waals surface area (Å²) in [5.74, 6) is -2.53. The number of carbonyl (C=O) groups is 2. The number of carboxylic acids is 2. The summed E-state index contributed by atoms with van der Waals surface area (Å²) in [5.41, 5.74) is 2.01. The maximum absolute atomic E-state index is 11.0. The van der Waals surface area contributed by atoms with Crippen molar-refractivity contribution in [1.29, 1.82) is 0 Å². The normalized spacial score (nSPS) is 12.1. The lowest BCUT2D eigenvalue weighted by Crippen LogP contribution is -2.17. The Kier molecular flexibility index (Phi) is 4.69. The average molecular weight is 236 g/mol. The van der Waals surface area contributed by atoms with Gasteiger partial charge >= 0.3 is 11.9 Å². The number of hydrogen-bond donors (Lipinski definition) is 2. The van der Waals surface area contributed by atoms with E-state index in [2.05, 4.69) is 0 Å². The SMILES string of the molecule is Cc1cccc(CC(CCC(=O)O)C(=O)O)c1. The van der Waals surface area contributed by atoms with Crippen molar-refractivity contribution in [3.8, 4) is 0 Å². The van der Waals surface area contributed by atoms with Gasteiger partial charge in [-0.15, -0.1) is 0 Å². The topological polar surface area (TPSA) is 74.6 Å². The number of aliphatic carboxylic acids is 2. The van der Waals surface area contributed by atoms with Crippen LogP contribution in [0.5, 0.6) is 0 Å². The number of rotatable bonds is 6. The molecule has 0 aliphatic heterocycles. The molecule has 1 aromatic carbocycles. The van der Waals surface area contributed by atoms with Crippen molar-refractivity contribution >= 4 is 11.9 Å². The van der Waals surface area contributed by atoms with Crippen molar-refractivity contribution in [1.82, 2.24) is 0 Å². The highest BCUT2D eigenvalue weighted by Gasteiger charge is 2.19. The van der Waals surface area contributed by atoms with E-state index in [9.17, 15) is 9.59 Å². The van der Waals surface area contributed by atoms with Crippen molar-refractivity contribution < 1.29 is 19.8 Å². The van der Waals surface area contributed by atoms with E-state index >= 15 is 0 Å². The Morgan fingerprint density at radius 1 is 1.29 bits per heavy atom. The van der Waals surface area contributed by atoms with Crippen LogP contribution in [0.4, 0.5) is 0 Å². The minimum atomic E-state index is -0.958. The summed E-state index contributed by atoms with van der Waals surface area (Å²) < 4.78 is 0. The fourth-order valence-corrected chi connectivity index (χ4v) is 1.73. The van der Waals surface area contributed by atoms with Crippen LogP contribution in [0.25, 0.3) is 0 Å². The van der Waals surface area contributed by atoms with Gasteiger partial charge in [-0.3, -0.25) is 9.59 Å². The molecule has 0 aliphatic rings. The maximum atomic E-state index is 11.0. The summed E-state index contributed by atoms with van der Waals surface area (Å²) in [5, 5.41) is 17.6. The maximum Gasteiger partial charge on any atom is 0.306 e. The zero-order valence-electron chi connectivity index (χ0n) is 9.72. The van der Waals surface area contributed by atoms with Gasteiger partial charge in [0.2, 0.25) is 0 Å². The van der Waals surface area contributed by atoms with Crippen LogP contribution in [0, 0.1) is 12.8 Å². The van der Waals surface area contributed by atoms with Gasteiger partial charge in [0.05, 0.1) is 5.92 Å². The largest absolute Gasteiger partial charge is 0.481 e. The zero-order valence-corrected chi connectivity index (χ0v) is 9.72. The first kappa shape index (κ1) is 13.2. The molecule has 0 saturated carbocycles. The number of carboxylic acid groups (broad SMARTS) is 2. The molecular formula is C13H16O4. The first-order valence-electron chi connectivity index (χ1n) is 5.49. The van der Waals surface area contributed by atoms with Gasteiger partial charge in [-0.1, -0.05) is 29.8 Å². The molecule has 17 heavy (non-hydrogen) atoms. The van der Waals surface area contributed by atoms with Crippen LogP contribution in [-0.2, 0) is 16.0 Å². The van der Waals surface area contributed by atoms with Crippen molar-refractivity contribution in [3.63, 3.8) is 0 Å². The van der Waals surface area contributed by atoms with Gasteiger partial charge in [-0.2, -0.15) is 0 Å². The molecule has 92 valence electrons. The Hall–Kier alpha value is -1.84. The molecule has 4 heteroatoms. The van der Waals surface area contributed by atoms with Gasteiger partial charge in [0.1, 0.15) is 0 Å². The van der Waals surface area contributed by atoms with Crippen molar-refractivity contribution in [3.05, 3.63) is 35.4 Å². The molecule has 0 spiro atoms. The Bertz CT molecular complexity index is 412. The van der Waals surface area contributed by atoms with Crippen LogP contribution >= 0.6 is 0 Å². The molecule has 0 aliphatic carbocycles. The predicted molar refractivity (Wildman–Crippen MR) is 62.9 cm³/mol. The van der Waals surface area contributed by atoms with Crippen LogP contribution in [0.1, 0.15) is 24.0 Å². The van der Waals surface area contributed by atoms with Gasteiger partial charge in [0, 0.05) is 6.42 Å². The van der Waals surface area contributed by atoms with Crippen molar-refractivity contribution in [2.75, 3.05) is 0 Å². The van der Waals surface area contributed by atoms with Crippen molar-refractivity contribution in [2.24, 2.45) is 5.92 Å². The quantitative estimate of drug-likeness (QED) is 0.793. The van der Waals surface area contributed by atoms with E-state index in [1.165, 1.54) is 0 Å². The summed E-state index contributed by atoms with van der Waals surface area (Å²) in [4.78, 5) is 21.4. The lowest BCUT2D eigenvalue weighted by Gasteiger charge is -2.11. The molecule has 1 aromatic rings. The van der Waals surface area contributed by atoms with E-state index < -0.39 is 17.9 Å². The molecule has 0 amide bonds. The van der Waals surface area contributed by atoms with Gasteiger partial charge in [-0.05, 0) is 25.3 Å². The molecule has 1 rings (SSSR count). The highest BCUT2D eigenvalue weighted by Crippen LogP contribution is 2.15. The lowest BCUT2D eigenvalue weighted by atomic mass is 9.94. The summed E-state index contributed by atoms with van der Waals surface area (Å²) in [6.45, 7) is 1.94. The third-order valence-corrected chi connectivity index (χ3v) is 2.62. The van der Waals surface area contributed by atoms with E-state index in [0.717, 1.165) is 11.1 Å². The number of aryl methyl sites for hydroxylation is 1.